The molecule has 2 aromatic carbocycles. The molecule has 2 N–H and O–H groups in total. The summed E-state index contributed by atoms with van der Waals surface area (Å²) >= 11 is 0. The number of H-pyrrole nitrogens is 1. The number of carbonyl (C=O) groups is 1. The predicted molar refractivity (Wildman–Crippen MR) is 103 cm³/mol. The zero-order valence-corrected chi connectivity index (χ0v) is 14.2. The summed E-state index contributed by atoms with van der Waals surface area (Å²) in [4.78, 5) is 27.2. The normalized spacial score (nSPS) is 11.1. The van der Waals surface area contributed by atoms with Gasteiger partial charge in [0.15, 0.2) is 0 Å². The number of hydrogen-bond donors (Lipinski definition) is 2. The summed E-state index contributed by atoms with van der Waals surface area (Å²) in [6.45, 7) is 1.32. The Hall–Kier alpha value is -3.34. The second-order valence-corrected chi connectivity index (χ2v) is 6.28. The Labute approximate surface area is 150 Å². The zero-order chi connectivity index (χ0) is 17.9. The molecule has 2 heterocycles. The van der Waals surface area contributed by atoms with Crippen LogP contribution in [0, 0.1) is 0 Å². The molecular weight excluding hydrogens is 326 g/mol. The van der Waals surface area contributed by atoms with Gasteiger partial charge in [0.1, 0.15) is 5.56 Å². The fraction of sp³-hybridized carbons (Fsp3) is 0.143. The second-order valence-electron chi connectivity index (χ2n) is 6.28. The van der Waals surface area contributed by atoms with Gasteiger partial charge in [0.25, 0.3) is 11.5 Å². The lowest BCUT2D eigenvalue weighted by molar-refractivity contribution is 0.0951. The molecule has 0 saturated heterocycles. The molecule has 0 unspecified atom stereocenters. The lowest BCUT2D eigenvalue weighted by Crippen LogP contribution is -2.30. The van der Waals surface area contributed by atoms with Gasteiger partial charge in [0, 0.05) is 30.3 Å². The molecular formula is C21H19N3O2. The highest BCUT2D eigenvalue weighted by Gasteiger charge is 2.11. The van der Waals surface area contributed by atoms with E-state index < -0.39 is 0 Å². The molecule has 26 heavy (non-hydrogen) atoms. The number of aromatic amines is 1. The summed E-state index contributed by atoms with van der Waals surface area (Å²) in [5, 5.41) is 4.89. The van der Waals surface area contributed by atoms with Crippen molar-refractivity contribution in [3.8, 4) is 0 Å². The van der Waals surface area contributed by atoms with Gasteiger partial charge >= 0.3 is 0 Å². The number of amides is 1. The number of pyridine rings is 1. The van der Waals surface area contributed by atoms with Crippen molar-refractivity contribution in [2.45, 2.75) is 13.0 Å². The first-order valence-corrected chi connectivity index (χ1v) is 8.66. The molecule has 1 amide bonds. The highest BCUT2D eigenvalue weighted by atomic mass is 16.2. The van der Waals surface area contributed by atoms with Crippen LogP contribution in [0.4, 0.5) is 0 Å². The quantitative estimate of drug-likeness (QED) is 0.545. The van der Waals surface area contributed by atoms with Crippen molar-refractivity contribution in [2.24, 2.45) is 0 Å². The van der Waals surface area contributed by atoms with Crippen molar-refractivity contribution in [3.63, 3.8) is 0 Å². The number of fused-ring (bicyclic) bond motifs is 2. The van der Waals surface area contributed by atoms with E-state index in [4.69, 9.17) is 0 Å². The molecule has 4 aromatic rings. The maximum absolute atomic E-state index is 12.3. The van der Waals surface area contributed by atoms with Gasteiger partial charge in [0.05, 0.1) is 0 Å². The minimum atomic E-state index is -0.363. The van der Waals surface area contributed by atoms with Crippen LogP contribution in [0.5, 0.6) is 0 Å². The Kier molecular flexibility index (Phi) is 4.27. The monoisotopic (exact) mass is 345 g/mol. The zero-order valence-electron chi connectivity index (χ0n) is 14.2. The number of aryl methyl sites for hydroxylation is 1. The van der Waals surface area contributed by atoms with Gasteiger partial charge in [-0.1, -0.05) is 36.4 Å². The minimum Gasteiger partial charge on any atom is -0.352 e. The third-order valence-corrected chi connectivity index (χ3v) is 4.54. The first-order chi connectivity index (χ1) is 12.7. The molecule has 5 nitrogen and oxygen atoms in total. The molecule has 0 aliphatic rings. The lowest BCUT2D eigenvalue weighted by atomic mass is 10.1. The standard InChI is InChI=1S/C21H19N3O2/c25-20(17-14-16-7-1-3-8-18(16)23-21(17)26)22-11-5-12-24-13-10-15-6-2-4-9-19(15)24/h1-4,6-10,13-14H,5,11-12H2,(H,22,25)(H,23,26). The average molecular weight is 345 g/mol. The highest BCUT2D eigenvalue weighted by molar-refractivity contribution is 5.97. The summed E-state index contributed by atoms with van der Waals surface area (Å²) in [6.07, 6.45) is 2.84. The molecule has 2 aromatic heterocycles. The number of para-hydroxylation sites is 2. The highest BCUT2D eigenvalue weighted by Crippen LogP contribution is 2.15. The molecule has 0 bridgehead atoms. The van der Waals surface area contributed by atoms with Crippen molar-refractivity contribution in [2.75, 3.05) is 6.54 Å². The lowest BCUT2D eigenvalue weighted by Gasteiger charge is -2.08. The summed E-state index contributed by atoms with van der Waals surface area (Å²) in [5.74, 6) is -0.339. The smallest absolute Gasteiger partial charge is 0.261 e. The maximum atomic E-state index is 12.3. The van der Waals surface area contributed by atoms with Gasteiger partial charge in [-0.25, -0.2) is 0 Å². The van der Waals surface area contributed by atoms with E-state index in [1.165, 1.54) is 10.9 Å². The van der Waals surface area contributed by atoms with E-state index in [1.807, 2.05) is 36.4 Å². The van der Waals surface area contributed by atoms with Crippen molar-refractivity contribution in [1.82, 2.24) is 14.9 Å². The summed E-state index contributed by atoms with van der Waals surface area (Å²) in [5.41, 5.74) is 1.70. The van der Waals surface area contributed by atoms with Crippen LogP contribution >= 0.6 is 0 Å². The first-order valence-electron chi connectivity index (χ1n) is 8.66. The van der Waals surface area contributed by atoms with Gasteiger partial charge in [-0.15, -0.1) is 0 Å². The molecule has 5 heteroatoms. The van der Waals surface area contributed by atoms with Crippen LogP contribution in [0.3, 0.4) is 0 Å². The number of benzene rings is 2. The van der Waals surface area contributed by atoms with Crippen LogP contribution in [-0.2, 0) is 6.54 Å². The number of aromatic nitrogens is 2. The van der Waals surface area contributed by atoms with E-state index in [-0.39, 0.29) is 17.0 Å². The number of hydrogen-bond acceptors (Lipinski definition) is 2. The molecule has 0 aliphatic heterocycles. The molecule has 0 spiro atoms. The van der Waals surface area contributed by atoms with E-state index in [2.05, 4.69) is 39.3 Å². The topological polar surface area (TPSA) is 66.9 Å². The Morgan fingerprint density at radius 1 is 1.00 bits per heavy atom. The van der Waals surface area contributed by atoms with Crippen molar-refractivity contribution in [1.29, 1.82) is 0 Å². The van der Waals surface area contributed by atoms with Gasteiger partial charge in [0.2, 0.25) is 0 Å². The number of nitrogens with zero attached hydrogens (tertiary/aromatic N) is 1. The Balaban J connectivity index is 1.40. The summed E-state index contributed by atoms with van der Waals surface area (Å²) in [7, 11) is 0. The molecule has 0 atom stereocenters. The van der Waals surface area contributed by atoms with Gasteiger partial charge in [-0.3, -0.25) is 9.59 Å². The van der Waals surface area contributed by atoms with Gasteiger partial charge in [-0.05, 0) is 41.5 Å². The number of nitrogens with one attached hydrogen (secondary N) is 2. The minimum absolute atomic E-state index is 0.148. The van der Waals surface area contributed by atoms with Crippen molar-refractivity contribution < 1.29 is 4.79 Å². The molecule has 130 valence electrons. The van der Waals surface area contributed by atoms with E-state index in [1.54, 1.807) is 6.07 Å². The molecule has 0 radical (unpaired) electrons. The van der Waals surface area contributed by atoms with Crippen LogP contribution in [0.15, 0.2) is 71.7 Å². The van der Waals surface area contributed by atoms with E-state index in [0.29, 0.717) is 6.54 Å². The summed E-state index contributed by atoms with van der Waals surface area (Å²) < 4.78 is 2.17. The Bertz CT molecular complexity index is 1140. The van der Waals surface area contributed by atoms with Crippen LogP contribution in [-0.4, -0.2) is 22.0 Å². The maximum Gasteiger partial charge on any atom is 0.261 e. The van der Waals surface area contributed by atoms with Crippen molar-refractivity contribution in [3.05, 3.63) is 82.8 Å². The Morgan fingerprint density at radius 2 is 1.77 bits per heavy atom. The van der Waals surface area contributed by atoms with Gasteiger partial charge in [-0.2, -0.15) is 0 Å². The molecule has 0 fully saturated rings. The van der Waals surface area contributed by atoms with E-state index >= 15 is 0 Å². The van der Waals surface area contributed by atoms with Crippen LogP contribution in [0.2, 0.25) is 0 Å². The third-order valence-electron chi connectivity index (χ3n) is 4.54. The van der Waals surface area contributed by atoms with Crippen molar-refractivity contribution >= 4 is 27.7 Å². The molecule has 0 saturated carbocycles. The molecule has 0 aliphatic carbocycles. The first kappa shape index (κ1) is 16.1. The third kappa shape index (κ3) is 3.11. The van der Waals surface area contributed by atoms with Crippen LogP contribution in [0.1, 0.15) is 16.8 Å². The SMILES string of the molecule is O=C(NCCCn1ccc2ccccc21)c1cc2ccccc2[nH]c1=O. The predicted octanol–water partition coefficient (Wildman–Crippen LogP) is 3.30. The summed E-state index contributed by atoms with van der Waals surface area (Å²) in [6, 6.07) is 19.4. The van der Waals surface area contributed by atoms with E-state index in [0.717, 1.165) is 23.9 Å². The van der Waals surface area contributed by atoms with Crippen LogP contribution in [0.25, 0.3) is 21.8 Å². The van der Waals surface area contributed by atoms with Gasteiger partial charge < -0.3 is 14.9 Å². The fourth-order valence-electron chi connectivity index (χ4n) is 3.20. The van der Waals surface area contributed by atoms with Crippen LogP contribution < -0.4 is 10.9 Å². The second kappa shape index (κ2) is 6.88. The number of rotatable bonds is 5. The van der Waals surface area contributed by atoms with E-state index in [9.17, 15) is 9.59 Å². The average Bonchev–Trinajstić information content (AvgIpc) is 3.07. The molecule has 4 rings (SSSR count). The number of carbonyl (C=O) groups excluding carboxylic acids is 1. The fourth-order valence-corrected chi connectivity index (χ4v) is 3.20. The Morgan fingerprint density at radius 3 is 2.65 bits per heavy atom. The largest absolute Gasteiger partial charge is 0.352 e.